The second-order valence-corrected chi connectivity index (χ2v) is 4.98. The van der Waals surface area contributed by atoms with Gasteiger partial charge in [0, 0.05) is 11.8 Å². The summed E-state index contributed by atoms with van der Waals surface area (Å²) in [6.45, 7) is 0.456. The summed E-state index contributed by atoms with van der Waals surface area (Å²) in [5.41, 5.74) is -0.510. The van der Waals surface area contributed by atoms with Crippen LogP contribution >= 0.6 is 0 Å². The van der Waals surface area contributed by atoms with Gasteiger partial charge in [0.2, 0.25) is 0 Å². The van der Waals surface area contributed by atoms with Crippen molar-refractivity contribution in [3.63, 3.8) is 0 Å². The number of benzene rings is 2. The number of halogens is 3. The van der Waals surface area contributed by atoms with Crippen molar-refractivity contribution < 1.29 is 27.4 Å². The third kappa shape index (κ3) is 5.91. The number of nitrogens with one attached hydrogen (secondary N) is 2. The number of rotatable bonds is 6. The second-order valence-electron chi connectivity index (χ2n) is 4.98. The summed E-state index contributed by atoms with van der Waals surface area (Å²) in [6, 6.07) is 10.7. The molecule has 0 saturated heterocycles. The lowest BCUT2D eigenvalue weighted by Crippen LogP contribution is -2.32. The summed E-state index contributed by atoms with van der Waals surface area (Å²) in [5.74, 6) is 1.26. The minimum absolute atomic E-state index is 0.226. The minimum Gasteiger partial charge on any atom is -0.497 e. The zero-order chi connectivity index (χ0) is 18.3. The van der Waals surface area contributed by atoms with E-state index >= 15 is 0 Å². The van der Waals surface area contributed by atoms with Crippen LogP contribution in [0.5, 0.6) is 11.5 Å². The van der Waals surface area contributed by atoms with Gasteiger partial charge in [0.1, 0.15) is 18.1 Å². The molecule has 0 fully saturated rings. The molecule has 5 nitrogen and oxygen atoms in total. The van der Waals surface area contributed by atoms with Crippen molar-refractivity contribution in [2.24, 2.45) is 0 Å². The van der Waals surface area contributed by atoms with E-state index in [9.17, 15) is 18.0 Å². The van der Waals surface area contributed by atoms with Gasteiger partial charge in [0.05, 0.1) is 19.2 Å². The lowest BCUT2D eigenvalue weighted by Gasteiger charge is -2.11. The topological polar surface area (TPSA) is 59.6 Å². The van der Waals surface area contributed by atoms with Crippen LogP contribution in [0.25, 0.3) is 0 Å². The molecule has 0 radical (unpaired) electrons. The first-order valence-electron chi connectivity index (χ1n) is 7.37. The average Bonchev–Trinajstić information content (AvgIpc) is 2.58. The molecule has 2 amide bonds. The maximum absolute atomic E-state index is 12.5. The van der Waals surface area contributed by atoms with Crippen LogP contribution in [-0.4, -0.2) is 26.3 Å². The molecule has 2 aromatic carbocycles. The van der Waals surface area contributed by atoms with Crippen molar-refractivity contribution in [1.82, 2.24) is 5.32 Å². The van der Waals surface area contributed by atoms with Crippen LogP contribution in [0.4, 0.5) is 23.7 Å². The Balaban J connectivity index is 1.73. The second kappa shape index (κ2) is 8.27. The molecule has 25 heavy (non-hydrogen) atoms. The number of ether oxygens (including phenoxy) is 2. The molecule has 2 N–H and O–H groups in total. The Morgan fingerprint density at radius 2 is 1.76 bits per heavy atom. The van der Waals surface area contributed by atoms with Crippen LogP contribution in [0.2, 0.25) is 0 Å². The van der Waals surface area contributed by atoms with Gasteiger partial charge in [-0.05, 0) is 36.4 Å². The SMILES string of the molecule is COc1cccc(OCCNC(=O)Nc2ccc(C(F)(F)F)cc2)c1. The zero-order valence-electron chi connectivity index (χ0n) is 13.4. The number of carbonyl (C=O) groups is 1. The molecule has 0 aliphatic heterocycles. The molecule has 0 unspecified atom stereocenters. The van der Waals surface area contributed by atoms with E-state index in [2.05, 4.69) is 10.6 Å². The third-order valence-corrected chi connectivity index (χ3v) is 3.17. The van der Waals surface area contributed by atoms with Crippen molar-refractivity contribution in [3.05, 3.63) is 54.1 Å². The predicted octanol–water partition coefficient (Wildman–Crippen LogP) is 3.91. The summed E-state index contributed by atoms with van der Waals surface area (Å²) in [6.07, 6.45) is -4.40. The van der Waals surface area contributed by atoms with Crippen LogP contribution in [0.3, 0.4) is 0 Å². The lowest BCUT2D eigenvalue weighted by molar-refractivity contribution is -0.137. The Bertz CT molecular complexity index is 703. The molecular weight excluding hydrogens is 337 g/mol. The fourth-order valence-corrected chi connectivity index (χ4v) is 1.94. The van der Waals surface area contributed by atoms with Gasteiger partial charge in [-0.1, -0.05) is 6.07 Å². The smallest absolute Gasteiger partial charge is 0.416 e. The Morgan fingerprint density at radius 1 is 1.08 bits per heavy atom. The first kappa shape index (κ1) is 18.4. The molecule has 0 aliphatic carbocycles. The van der Waals surface area contributed by atoms with Crippen LogP contribution in [0.15, 0.2) is 48.5 Å². The average molecular weight is 354 g/mol. The Hall–Kier alpha value is -2.90. The lowest BCUT2D eigenvalue weighted by atomic mass is 10.2. The number of amides is 2. The maximum Gasteiger partial charge on any atom is 0.416 e. The van der Waals surface area contributed by atoms with E-state index in [0.717, 1.165) is 12.1 Å². The molecule has 0 saturated carbocycles. The largest absolute Gasteiger partial charge is 0.497 e. The van der Waals surface area contributed by atoms with E-state index in [4.69, 9.17) is 9.47 Å². The first-order valence-corrected chi connectivity index (χ1v) is 7.37. The molecule has 0 heterocycles. The van der Waals surface area contributed by atoms with E-state index in [0.29, 0.717) is 11.5 Å². The van der Waals surface area contributed by atoms with Gasteiger partial charge in [-0.2, -0.15) is 13.2 Å². The van der Waals surface area contributed by atoms with Crippen LogP contribution in [0.1, 0.15) is 5.56 Å². The first-order chi connectivity index (χ1) is 11.9. The molecule has 8 heteroatoms. The van der Waals surface area contributed by atoms with Crippen LogP contribution in [-0.2, 0) is 6.18 Å². The highest BCUT2D eigenvalue weighted by atomic mass is 19.4. The van der Waals surface area contributed by atoms with Crippen LogP contribution < -0.4 is 20.1 Å². The molecule has 0 aliphatic rings. The Labute approximate surface area is 142 Å². The van der Waals surface area contributed by atoms with Crippen molar-refractivity contribution in [3.8, 4) is 11.5 Å². The Kier molecular flexibility index (Phi) is 6.10. The molecule has 134 valence electrons. The van der Waals surface area contributed by atoms with E-state index in [1.807, 2.05) is 0 Å². The summed E-state index contributed by atoms with van der Waals surface area (Å²) >= 11 is 0. The van der Waals surface area contributed by atoms with Gasteiger partial charge in [0.25, 0.3) is 0 Å². The third-order valence-electron chi connectivity index (χ3n) is 3.17. The fourth-order valence-electron chi connectivity index (χ4n) is 1.94. The monoisotopic (exact) mass is 354 g/mol. The van der Waals surface area contributed by atoms with Gasteiger partial charge in [-0.25, -0.2) is 4.79 Å². The minimum atomic E-state index is -4.40. The molecule has 2 aromatic rings. The van der Waals surface area contributed by atoms with Crippen molar-refractivity contribution >= 4 is 11.7 Å². The highest BCUT2D eigenvalue weighted by Gasteiger charge is 2.29. The number of hydrogen-bond donors (Lipinski definition) is 2. The van der Waals surface area contributed by atoms with Gasteiger partial charge < -0.3 is 20.1 Å². The highest BCUT2D eigenvalue weighted by molar-refractivity contribution is 5.89. The van der Waals surface area contributed by atoms with Gasteiger partial charge >= 0.3 is 12.2 Å². The van der Waals surface area contributed by atoms with E-state index in [1.165, 1.54) is 12.1 Å². The fraction of sp³-hybridized carbons (Fsp3) is 0.235. The van der Waals surface area contributed by atoms with E-state index < -0.39 is 17.8 Å². The van der Waals surface area contributed by atoms with Crippen molar-refractivity contribution in [1.29, 1.82) is 0 Å². The molecule has 0 aromatic heterocycles. The number of urea groups is 1. The number of carbonyl (C=O) groups excluding carboxylic acids is 1. The zero-order valence-corrected chi connectivity index (χ0v) is 13.4. The predicted molar refractivity (Wildman–Crippen MR) is 87.0 cm³/mol. The molecule has 0 spiro atoms. The quantitative estimate of drug-likeness (QED) is 0.773. The van der Waals surface area contributed by atoms with Crippen LogP contribution in [0, 0.1) is 0 Å². The molecular formula is C17H17F3N2O3. The van der Waals surface area contributed by atoms with E-state index in [1.54, 1.807) is 31.4 Å². The number of methoxy groups -OCH3 is 1. The van der Waals surface area contributed by atoms with Crippen molar-refractivity contribution in [2.45, 2.75) is 6.18 Å². The highest BCUT2D eigenvalue weighted by Crippen LogP contribution is 2.29. The summed E-state index contributed by atoms with van der Waals surface area (Å²) in [7, 11) is 1.55. The van der Waals surface area contributed by atoms with Gasteiger partial charge in [0.15, 0.2) is 0 Å². The number of hydrogen-bond acceptors (Lipinski definition) is 3. The number of alkyl halides is 3. The normalized spacial score (nSPS) is 10.9. The molecule has 2 rings (SSSR count). The van der Waals surface area contributed by atoms with E-state index in [-0.39, 0.29) is 18.8 Å². The standard InChI is InChI=1S/C17H17F3N2O3/c1-24-14-3-2-4-15(11-14)25-10-9-21-16(23)22-13-7-5-12(6-8-13)17(18,19)20/h2-8,11H,9-10H2,1H3,(H2,21,22,23). The summed E-state index contributed by atoms with van der Waals surface area (Å²) in [5, 5.41) is 4.99. The summed E-state index contributed by atoms with van der Waals surface area (Å²) < 4.78 is 47.9. The molecule has 0 atom stereocenters. The number of anilines is 1. The van der Waals surface area contributed by atoms with Gasteiger partial charge in [-0.3, -0.25) is 0 Å². The van der Waals surface area contributed by atoms with Gasteiger partial charge in [-0.15, -0.1) is 0 Å². The molecule has 0 bridgehead atoms. The summed E-state index contributed by atoms with van der Waals surface area (Å²) in [4.78, 5) is 11.7. The maximum atomic E-state index is 12.5. The van der Waals surface area contributed by atoms with Crippen molar-refractivity contribution in [2.75, 3.05) is 25.6 Å². The Morgan fingerprint density at radius 3 is 2.40 bits per heavy atom.